The number of nitrogens with zero attached hydrogens (tertiary/aromatic N) is 1. The van der Waals surface area contributed by atoms with Crippen molar-refractivity contribution < 1.29 is 14.3 Å². The summed E-state index contributed by atoms with van der Waals surface area (Å²) >= 11 is 0. The van der Waals surface area contributed by atoms with Crippen molar-refractivity contribution in [3.8, 4) is 5.75 Å². The Labute approximate surface area is 156 Å². The van der Waals surface area contributed by atoms with Crippen LogP contribution in [0.5, 0.6) is 5.75 Å². The van der Waals surface area contributed by atoms with E-state index in [2.05, 4.69) is 11.4 Å². The highest BCUT2D eigenvalue weighted by Crippen LogP contribution is 2.37. The third-order valence-electron chi connectivity index (χ3n) is 5.96. The first-order valence-electron chi connectivity index (χ1n) is 9.77. The first-order chi connectivity index (χ1) is 12.5. The molecule has 0 radical (unpaired) electrons. The highest BCUT2D eigenvalue weighted by Gasteiger charge is 2.35. The average Bonchev–Trinajstić information content (AvgIpc) is 2.64. The number of carbonyl (C=O) groups excluding carboxylic acids is 2. The monoisotopic (exact) mass is 358 g/mol. The molecule has 2 amide bonds. The van der Waals surface area contributed by atoms with Gasteiger partial charge in [-0.25, -0.2) is 0 Å². The number of amides is 2. The van der Waals surface area contributed by atoms with E-state index in [1.807, 2.05) is 30.0 Å². The molecule has 0 saturated carbocycles. The molecule has 142 valence electrons. The lowest BCUT2D eigenvalue weighted by atomic mass is 9.74. The van der Waals surface area contributed by atoms with E-state index in [9.17, 15) is 9.59 Å². The van der Waals surface area contributed by atoms with Crippen molar-refractivity contribution in [2.75, 3.05) is 19.6 Å². The van der Waals surface area contributed by atoms with Crippen molar-refractivity contribution >= 4 is 11.8 Å². The second-order valence-electron chi connectivity index (χ2n) is 7.80. The summed E-state index contributed by atoms with van der Waals surface area (Å²) in [4.78, 5) is 26.1. The second-order valence-corrected chi connectivity index (χ2v) is 7.80. The van der Waals surface area contributed by atoms with Crippen molar-refractivity contribution in [2.45, 2.75) is 58.5 Å². The zero-order valence-electron chi connectivity index (χ0n) is 15.9. The molecule has 5 nitrogen and oxygen atoms in total. The quantitative estimate of drug-likeness (QED) is 0.776. The zero-order chi connectivity index (χ0) is 18.6. The molecule has 0 aromatic heterocycles. The van der Waals surface area contributed by atoms with Crippen LogP contribution in [-0.4, -0.2) is 42.5 Å². The maximum Gasteiger partial charge on any atom is 0.260 e. The van der Waals surface area contributed by atoms with E-state index >= 15 is 0 Å². The number of piperidine rings is 1. The van der Waals surface area contributed by atoms with Gasteiger partial charge in [-0.2, -0.15) is 0 Å². The summed E-state index contributed by atoms with van der Waals surface area (Å²) in [5.41, 5.74) is 1.27. The topological polar surface area (TPSA) is 58.6 Å². The van der Waals surface area contributed by atoms with Gasteiger partial charge in [0, 0.05) is 26.6 Å². The molecule has 1 fully saturated rings. The van der Waals surface area contributed by atoms with Crippen LogP contribution in [0.4, 0.5) is 0 Å². The molecule has 26 heavy (non-hydrogen) atoms. The van der Waals surface area contributed by atoms with Crippen LogP contribution in [0.3, 0.4) is 0 Å². The minimum atomic E-state index is -0.509. The van der Waals surface area contributed by atoms with Crippen LogP contribution >= 0.6 is 0 Å². The largest absolute Gasteiger partial charge is 0.481 e. The van der Waals surface area contributed by atoms with Gasteiger partial charge in [-0.3, -0.25) is 9.59 Å². The van der Waals surface area contributed by atoms with E-state index in [1.54, 1.807) is 6.92 Å². The van der Waals surface area contributed by atoms with E-state index in [0.717, 1.165) is 57.4 Å². The summed E-state index contributed by atoms with van der Waals surface area (Å²) in [5.74, 6) is 0.907. The Kier molecular flexibility index (Phi) is 5.84. The van der Waals surface area contributed by atoms with Gasteiger partial charge < -0.3 is 15.0 Å². The molecule has 1 saturated heterocycles. The number of ether oxygens (including phenoxy) is 1. The first kappa shape index (κ1) is 18.7. The Bertz CT molecular complexity index is 650. The Morgan fingerprint density at radius 2 is 1.92 bits per heavy atom. The molecule has 3 rings (SSSR count). The lowest BCUT2D eigenvalue weighted by molar-refractivity contribution is -0.132. The fraction of sp³-hybridized carbons (Fsp3) is 0.619. The van der Waals surface area contributed by atoms with Gasteiger partial charge in [-0.05, 0) is 56.1 Å². The van der Waals surface area contributed by atoms with Gasteiger partial charge in [0.25, 0.3) is 5.91 Å². The van der Waals surface area contributed by atoms with E-state index in [1.165, 1.54) is 5.56 Å². The van der Waals surface area contributed by atoms with Crippen molar-refractivity contribution in [3.63, 3.8) is 0 Å². The Balaban J connectivity index is 1.72. The number of carbonyl (C=O) groups is 2. The zero-order valence-corrected chi connectivity index (χ0v) is 15.9. The smallest absolute Gasteiger partial charge is 0.260 e. The number of para-hydroxylation sites is 1. The average molecular weight is 358 g/mol. The third kappa shape index (κ3) is 4.37. The molecule has 1 aromatic rings. The third-order valence-corrected chi connectivity index (χ3v) is 5.96. The maximum absolute atomic E-state index is 12.5. The molecule has 1 atom stereocenters. The van der Waals surface area contributed by atoms with Crippen molar-refractivity contribution in [1.82, 2.24) is 10.2 Å². The van der Waals surface area contributed by atoms with Gasteiger partial charge in [0.15, 0.2) is 6.10 Å². The number of nitrogens with one attached hydrogen (secondary N) is 1. The van der Waals surface area contributed by atoms with Crippen molar-refractivity contribution in [2.24, 2.45) is 5.41 Å². The van der Waals surface area contributed by atoms with Crippen LogP contribution in [0.25, 0.3) is 0 Å². The van der Waals surface area contributed by atoms with Gasteiger partial charge in [-0.15, -0.1) is 0 Å². The number of rotatable bonds is 0. The lowest BCUT2D eigenvalue weighted by Gasteiger charge is -2.42. The van der Waals surface area contributed by atoms with Crippen LogP contribution < -0.4 is 10.1 Å². The second kappa shape index (κ2) is 8.11. The van der Waals surface area contributed by atoms with Gasteiger partial charge in [0.2, 0.25) is 5.91 Å². The molecule has 1 aromatic carbocycles. The Hall–Kier alpha value is -2.04. The van der Waals surface area contributed by atoms with E-state index < -0.39 is 6.10 Å². The Morgan fingerprint density at radius 3 is 2.65 bits per heavy atom. The molecule has 2 heterocycles. The molecular formula is C21H30N2O3. The fourth-order valence-electron chi connectivity index (χ4n) is 4.11. The molecule has 1 spiro atoms. The molecule has 5 heteroatoms. The van der Waals surface area contributed by atoms with E-state index in [4.69, 9.17) is 4.74 Å². The minimum absolute atomic E-state index is 0.0613. The normalized spacial score (nSPS) is 23.8. The maximum atomic E-state index is 12.5. The molecular weight excluding hydrogens is 328 g/mol. The summed E-state index contributed by atoms with van der Waals surface area (Å²) in [7, 11) is 0. The van der Waals surface area contributed by atoms with Crippen LogP contribution in [0, 0.1) is 5.41 Å². The molecule has 2 aliphatic heterocycles. The molecule has 0 unspecified atom stereocenters. The highest BCUT2D eigenvalue weighted by molar-refractivity contribution is 5.80. The summed E-state index contributed by atoms with van der Waals surface area (Å²) in [5, 5.41) is 3.12. The van der Waals surface area contributed by atoms with Gasteiger partial charge in [0.1, 0.15) is 5.75 Å². The standard InChI is InChI=1S/C21H30N2O3/c1-16-20(25)22-15-21(11-13-23(14-12-21)17(2)24)10-6-5-8-18-7-3-4-9-19(18)26-16/h3-4,7,9,16H,5-6,8,10-15H2,1-2H3,(H,22,25)/t16-/m1/s1. The first-order valence-corrected chi connectivity index (χ1v) is 9.77. The molecule has 0 aliphatic carbocycles. The van der Waals surface area contributed by atoms with Crippen LogP contribution in [0.2, 0.25) is 0 Å². The van der Waals surface area contributed by atoms with E-state index in [-0.39, 0.29) is 17.2 Å². The highest BCUT2D eigenvalue weighted by atomic mass is 16.5. The molecule has 2 aliphatic rings. The van der Waals surface area contributed by atoms with Gasteiger partial charge >= 0.3 is 0 Å². The number of aryl methyl sites for hydroxylation is 1. The fourth-order valence-corrected chi connectivity index (χ4v) is 4.11. The number of benzene rings is 1. The number of likely N-dealkylation sites (tertiary alicyclic amines) is 1. The van der Waals surface area contributed by atoms with Gasteiger partial charge in [0.05, 0.1) is 0 Å². The Morgan fingerprint density at radius 1 is 1.19 bits per heavy atom. The minimum Gasteiger partial charge on any atom is -0.481 e. The molecule has 1 N–H and O–H groups in total. The van der Waals surface area contributed by atoms with Crippen LogP contribution in [0.15, 0.2) is 24.3 Å². The SMILES string of the molecule is CC(=O)N1CCC2(CCCCc3ccccc3O[C@H](C)C(=O)NC2)CC1. The predicted molar refractivity (Wildman–Crippen MR) is 101 cm³/mol. The van der Waals surface area contributed by atoms with Gasteiger partial charge in [-0.1, -0.05) is 24.6 Å². The summed E-state index contributed by atoms with van der Waals surface area (Å²) in [6.45, 7) is 5.70. The number of hydrogen-bond acceptors (Lipinski definition) is 3. The summed E-state index contributed by atoms with van der Waals surface area (Å²) < 4.78 is 5.94. The van der Waals surface area contributed by atoms with Crippen molar-refractivity contribution in [1.29, 1.82) is 0 Å². The summed E-state index contributed by atoms with van der Waals surface area (Å²) in [6.07, 6.45) is 5.71. The number of hydrogen-bond donors (Lipinski definition) is 1. The number of fused-ring (bicyclic) bond motifs is 1. The van der Waals surface area contributed by atoms with Crippen molar-refractivity contribution in [3.05, 3.63) is 29.8 Å². The van der Waals surface area contributed by atoms with E-state index in [0.29, 0.717) is 6.54 Å². The van der Waals surface area contributed by atoms with Crippen LogP contribution in [-0.2, 0) is 16.0 Å². The lowest BCUT2D eigenvalue weighted by Crippen LogP contribution is -2.49. The molecule has 0 bridgehead atoms. The van der Waals surface area contributed by atoms with Crippen LogP contribution in [0.1, 0.15) is 51.5 Å². The predicted octanol–water partition coefficient (Wildman–Crippen LogP) is 2.93. The summed E-state index contributed by atoms with van der Waals surface area (Å²) in [6, 6.07) is 8.02.